The van der Waals surface area contributed by atoms with Crippen LogP contribution in [0.4, 0.5) is 0 Å². The van der Waals surface area contributed by atoms with E-state index < -0.39 is 0 Å². The van der Waals surface area contributed by atoms with E-state index in [1.807, 2.05) is 0 Å². The Morgan fingerprint density at radius 1 is 1.18 bits per heavy atom. The normalized spacial score (nSPS) is 36.5. The lowest BCUT2D eigenvalue weighted by Crippen LogP contribution is -2.34. The maximum Gasteiger partial charge on any atom is 0.112 e. The first-order chi connectivity index (χ1) is 8.06. The van der Waals surface area contributed by atoms with Crippen LogP contribution in [0.1, 0.15) is 62.7 Å². The third-order valence-electron chi connectivity index (χ3n) is 4.39. The minimum absolute atomic E-state index is 0.308. The summed E-state index contributed by atoms with van der Waals surface area (Å²) in [6, 6.07) is 0.308. The monoisotopic (exact) mass is 233 g/mol. The molecule has 0 bridgehead atoms. The Balaban J connectivity index is 2.09. The van der Waals surface area contributed by atoms with Gasteiger partial charge in [0.2, 0.25) is 0 Å². The van der Waals surface area contributed by atoms with Crippen molar-refractivity contribution in [1.82, 2.24) is 9.55 Å². The van der Waals surface area contributed by atoms with Crippen molar-refractivity contribution < 1.29 is 0 Å². The van der Waals surface area contributed by atoms with Crippen molar-refractivity contribution in [1.29, 1.82) is 0 Å². The molecule has 4 atom stereocenters. The summed E-state index contributed by atoms with van der Waals surface area (Å²) in [6.07, 6.45) is 3.53. The number of imidazole rings is 1. The Labute approximate surface area is 103 Å². The van der Waals surface area contributed by atoms with Gasteiger partial charge in [-0.1, -0.05) is 20.8 Å². The van der Waals surface area contributed by atoms with Crippen molar-refractivity contribution in [2.45, 2.75) is 64.5 Å². The van der Waals surface area contributed by atoms with Crippen LogP contribution in [0.5, 0.6) is 0 Å². The summed E-state index contributed by atoms with van der Waals surface area (Å²) >= 11 is 0. The van der Waals surface area contributed by atoms with Crippen LogP contribution in [0.15, 0.2) is 0 Å². The van der Waals surface area contributed by atoms with Gasteiger partial charge in [0.05, 0.1) is 5.69 Å². The largest absolute Gasteiger partial charge is 0.330 e. The highest BCUT2D eigenvalue weighted by Crippen LogP contribution is 2.38. The van der Waals surface area contributed by atoms with Gasteiger partial charge in [-0.2, -0.15) is 0 Å². The minimum atomic E-state index is 0.308. The SMILES string of the molecule is CC1Cc2nc3n(c2C(C)C1)CC(N)CC3C. The summed E-state index contributed by atoms with van der Waals surface area (Å²) < 4.78 is 2.44. The highest BCUT2D eigenvalue weighted by Gasteiger charge is 2.33. The lowest BCUT2D eigenvalue weighted by Gasteiger charge is -2.30. The van der Waals surface area contributed by atoms with Crippen LogP contribution in [0.25, 0.3) is 0 Å². The van der Waals surface area contributed by atoms with Crippen LogP contribution in [-0.2, 0) is 13.0 Å². The fraction of sp³-hybridized carbons (Fsp3) is 0.786. The predicted octanol–water partition coefficient (Wildman–Crippen LogP) is 2.40. The maximum absolute atomic E-state index is 6.16. The first-order valence-corrected chi connectivity index (χ1v) is 6.91. The summed E-state index contributed by atoms with van der Waals surface area (Å²) in [5.41, 5.74) is 9.00. The van der Waals surface area contributed by atoms with E-state index in [1.165, 1.54) is 23.6 Å². The third kappa shape index (κ3) is 1.71. The second-order valence-corrected chi connectivity index (χ2v) is 6.26. The van der Waals surface area contributed by atoms with E-state index in [4.69, 9.17) is 10.7 Å². The average molecular weight is 233 g/mol. The van der Waals surface area contributed by atoms with Crippen molar-refractivity contribution in [2.75, 3.05) is 0 Å². The van der Waals surface area contributed by atoms with Gasteiger partial charge < -0.3 is 10.3 Å². The molecule has 3 nitrogen and oxygen atoms in total. The standard InChI is InChI=1S/C14H23N3/c1-8-4-9(2)13-12(5-8)16-14-10(3)6-11(15)7-17(13)14/h8-11H,4-7,15H2,1-3H3. The van der Waals surface area contributed by atoms with E-state index in [9.17, 15) is 0 Å². The van der Waals surface area contributed by atoms with Gasteiger partial charge in [0.1, 0.15) is 5.82 Å². The molecule has 1 aliphatic heterocycles. The number of nitrogens with zero attached hydrogens (tertiary/aromatic N) is 2. The number of hydrogen-bond donors (Lipinski definition) is 1. The van der Waals surface area contributed by atoms with E-state index in [2.05, 4.69) is 25.3 Å². The number of nitrogens with two attached hydrogens (primary N) is 1. The van der Waals surface area contributed by atoms with Gasteiger partial charge in [-0.05, 0) is 31.1 Å². The molecule has 94 valence electrons. The smallest absolute Gasteiger partial charge is 0.112 e. The molecule has 0 radical (unpaired) electrons. The molecule has 2 N–H and O–H groups in total. The van der Waals surface area contributed by atoms with Crippen LogP contribution in [0.2, 0.25) is 0 Å². The molecule has 2 aliphatic rings. The Bertz CT molecular complexity index is 435. The molecule has 0 amide bonds. The number of hydrogen-bond acceptors (Lipinski definition) is 2. The Kier molecular flexibility index (Phi) is 2.54. The molecule has 1 aliphatic carbocycles. The van der Waals surface area contributed by atoms with E-state index in [-0.39, 0.29) is 0 Å². The van der Waals surface area contributed by atoms with Gasteiger partial charge >= 0.3 is 0 Å². The first kappa shape index (κ1) is 11.3. The van der Waals surface area contributed by atoms with Gasteiger partial charge in [-0.15, -0.1) is 0 Å². The number of fused-ring (bicyclic) bond motifs is 3. The predicted molar refractivity (Wildman–Crippen MR) is 69.1 cm³/mol. The average Bonchev–Trinajstić information content (AvgIpc) is 2.56. The summed E-state index contributed by atoms with van der Waals surface area (Å²) in [4.78, 5) is 4.92. The zero-order valence-corrected chi connectivity index (χ0v) is 11.1. The van der Waals surface area contributed by atoms with Crippen molar-refractivity contribution in [3.8, 4) is 0 Å². The van der Waals surface area contributed by atoms with E-state index in [0.29, 0.717) is 17.9 Å². The second-order valence-electron chi connectivity index (χ2n) is 6.26. The summed E-state index contributed by atoms with van der Waals surface area (Å²) in [7, 11) is 0. The first-order valence-electron chi connectivity index (χ1n) is 6.91. The van der Waals surface area contributed by atoms with Crippen LogP contribution in [0.3, 0.4) is 0 Å². The fourth-order valence-electron chi connectivity index (χ4n) is 3.80. The Hall–Kier alpha value is -0.830. The van der Waals surface area contributed by atoms with Gasteiger partial charge in [-0.25, -0.2) is 4.98 Å². The van der Waals surface area contributed by atoms with E-state index in [0.717, 1.165) is 25.3 Å². The Morgan fingerprint density at radius 3 is 2.71 bits per heavy atom. The molecule has 3 rings (SSSR count). The molecular weight excluding hydrogens is 210 g/mol. The Morgan fingerprint density at radius 2 is 1.94 bits per heavy atom. The maximum atomic E-state index is 6.16. The lowest BCUT2D eigenvalue weighted by molar-refractivity contribution is 0.379. The summed E-state index contributed by atoms with van der Waals surface area (Å²) in [5, 5.41) is 0. The van der Waals surface area contributed by atoms with Crippen molar-refractivity contribution in [2.24, 2.45) is 11.7 Å². The highest BCUT2D eigenvalue weighted by molar-refractivity contribution is 5.27. The number of rotatable bonds is 0. The van der Waals surface area contributed by atoms with Crippen LogP contribution in [-0.4, -0.2) is 15.6 Å². The van der Waals surface area contributed by atoms with Crippen molar-refractivity contribution >= 4 is 0 Å². The molecule has 0 saturated carbocycles. The molecule has 17 heavy (non-hydrogen) atoms. The lowest BCUT2D eigenvalue weighted by atomic mass is 9.84. The molecule has 0 spiro atoms. The summed E-state index contributed by atoms with van der Waals surface area (Å²) in [5.74, 6) is 3.23. The van der Waals surface area contributed by atoms with Gasteiger partial charge in [0, 0.05) is 24.2 Å². The highest BCUT2D eigenvalue weighted by atomic mass is 15.1. The van der Waals surface area contributed by atoms with Crippen LogP contribution < -0.4 is 5.73 Å². The van der Waals surface area contributed by atoms with Gasteiger partial charge in [0.15, 0.2) is 0 Å². The van der Waals surface area contributed by atoms with Gasteiger partial charge in [0.25, 0.3) is 0 Å². The molecular formula is C14H23N3. The molecule has 0 aromatic carbocycles. The molecule has 3 heteroatoms. The quantitative estimate of drug-likeness (QED) is 0.748. The minimum Gasteiger partial charge on any atom is -0.330 e. The van der Waals surface area contributed by atoms with Crippen molar-refractivity contribution in [3.63, 3.8) is 0 Å². The van der Waals surface area contributed by atoms with E-state index in [1.54, 1.807) is 0 Å². The molecule has 1 aromatic rings. The van der Waals surface area contributed by atoms with Crippen molar-refractivity contribution in [3.05, 3.63) is 17.2 Å². The van der Waals surface area contributed by atoms with Gasteiger partial charge in [-0.3, -0.25) is 0 Å². The fourth-order valence-corrected chi connectivity index (χ4v) is 3.80. The van der Waals surface area contributed by atoms with E-state index >= 15 is 0 Å². The molecule has 1 aromatic heterocycles. The van der Waals surface area contributed by atoms with Crippen LogP contribution in [0, 0.1) is 5.92 Å². The molecule has 0 saturated heterocycles. The molecule has 4 unspecified atom stereocenters. The topological polar surface area (TPSA) is 43.8 Å². The zero-order valence-electron chi connectivity index (χ0n) is 11.1. The second kappa shape index (κ2) is 3.84. The molecule has 2 heterocycles. The molecule has 0 fully saturated rings. The summed E-state index contributed by atoms with van der Waals surface area (Å²) in [6.45, 7) is 7.92. The number of aromatic nitrogens is 2. The zero-order chi connectivity index (χ0) is 12.2. The van der Waals surface area contributed by atoms with Crippen LogP contribution >= 0.6 is 0 Å². The third-order valence-corrected chi connectivity index (χ3v) is 4.39.